The van der Waals surface area contributed by atoms with Crippen molar-refractivity contribution in [3.63, 3.8) is 0 Å². The predicted octanol–water partition coefficient (Wildman–Crippen LogP) is 1.40. The molecule has 1 aromatic heterocycles. The number of piperazine rings is 1. The number of hydrogen-bond acceptors (Lipinski definition) is 5. The molecule has 1 N–H and O–H groups in total. The number of likely N-dealkylation sites (tertiary alicyclic amines) is 1. The maximum atomic E-state index is 6.19. The summed E-state index contributed by atoms with van der Waals surface area (Å²) in [6.07, 6.45) is 4.54. The van der Waals surface area contributed by atoms with Crippen LogP contribution in [0.25, 0.3) is 5.69 Å². The number of aromatic nitrogens is 3. The SMILES string of the molecule is Clc1ccc(CN2CCC(N3CCNCC3)C2)c(-n2cncn2)c1. The largest absolute Gasteiger partial charge is 0.314 e. The molecule has 128 valence electrons. The summed E-state index contributed by atoms with van der Waals surface area (Å²) in [7, 11) is 0. The molecule has 0 amide bonds. The van der Waals surface area contributed by atoms with Crippen molar-refractivity contribution in [1.82, 2.24) is 29.9 Å². The lowest BCUT2D eigenvalue weighted by molar-refractivity contribution is 0.170. The lowest BCUT2D eigenvalue weighted by Gasteiger charge is -2.32. The Morgan fingerprint density at radius 3 is 2.88 bits per heavy atom. The maximum absolute atomic E-state index is 6.19. The Kier molecular flexibility index (Phi) is 4.80. The van der Waals surface area contributed by atoms with Gasteiger partial charge in [0.15, 0.2) is 0 Å². The molecule has 2 fully saturated rings. The van der Waals surface area contributed by atoms with Gasteiger partial charge in [-0.1, -0.05) is 17.7 Å². The molecule has 4 rings (SSSR count). The summed E-state index contributed by atoms with van der Waals surface area (Å²) in [6, 6.07) is 6.72. The van der Waals surface area contributed by atoms with E-state index < -0.39 is 0 Å². The van der Waals surface area contributed by atoms with Crippen LogP contribution in [0.1, 0.15) is 12.0 Å². The Morgan fingerprint density at radius 2 is 2.08 bits per heavy atom. The minimum absolute atomic E-state index is 0.689. The van der Waals surface area contributed by atoms with E-state index in [1.807, 2.05) is 12.1 Å². The highest BCUT2D eigenvalue weighted by atomic mass is 35.5. The van der Waals surface area contributed by atoms with Gasteiger partial charge in [0.05, 0.1) is 5.69 Å². The molecule has 6 nitrogen and oxygen atoms in total. The molecule has 2 saturated heterocycles. The van der Waals surface area contributed by atoms with Crippen molar-refractivity contribution in [2.75, 3.05) is 39.3 Å². The van der Waals surface area contributed by atoms with Crippen LogP contribution in [-0.2, 0) is 6.54 Å². The zero-order chi connectivity index (χ0) is 16.4. The molecule has 0 radical (unpaired) electrons. The molecule has 2 aliphatic heterocycles. The summed E-state index contributed by atoms with van der Waals surface area (Å²) in [5.41, 5.74) is 2.26. The minimum atomic E-state index is 0.689. The van der Waals surface area contributed by atoms with Crippen molar-refractivity contribution in [3.05, 3.63) is 41.4 Å². The van der Waals surface area contributed by atoms with Crippen LogP contribution < -0.4 is 5.32 Å². The lowest BCUT2D eigenvalue weighted by Crippen LogP contribution is -2.49. The van der Waals surface area contributed by atoms with Crippen molar-refractivity contribution in [2.24, 2.45) is 0 Å². The van der Waals surface area contributed by atoms with Crippen LogP contribution in [0.5, 0.6) is 0 Å². The molecule has 1 aromatic carbocycles. The average molecular weight is 347 g/mol. The fraction of sp³-hybridized carbons (Fsp3) is 0.529. The highest BCUT2D eigenvalue weighted by Crippen LogP contribution is 2.24. The predicted molar refractivity (Wildman–Crippen MR) is 94.5 cm³/mol. The first-order valence-corrected chi connectivity index (χ1v) is 8.98. The molecular formula is C17H23ClN6. The quantitative estimate of drug-likeness (QED) is 0.907. The van der Waals surface area contributed by atoms with Gasteiger partial charge in [0.1, 0.15) is 12.7 Å². The fourth-order valence-corrected chi connectivity index (χ4v) is 3.92. The van der Waals surface area contributed by atoms with E-state index in [4.69, 9.17) is 11.6 Å². The molecule has 1 atom stereocenters. The Morgan fingerprint density at radius 1 is 1.21 bits per heavy atom. The summed E-state index contributed by atoms with van der Waals surface area (Å²) in [6.45, 7) is 7.78. The molecule has 24 heavy (non-hydrogen) atoms. The van der Waals surface area contributed by atoms with E-state index >= 15 is 0 Å². The number of rotatable bonds is 4. The first-order valence-electron chi connectivity index (χ1n) is 8.60. The van der Waals surface area contributed by atoms with Gasteiger partial charge in [-0.3, -0.25) is 9.80 Å². The maximum Gasteiger partial charge on any atom is 0.138 e. The second-order valence-corrected chi connectivity index (χ2v) is 7.01. The monoisotopic (exact) mass is 346 g/mol. The van der Waals surface area contributed by atoms with E-state index in [-0.39, 0.29) is 0 Å². The fourth-order valence-electron chi connectivity index (χ4n) is 3.76. The van der Waals surface area contributed by atoms with E-state index in [1.54, 1.807) is 17.3 Å². The Bertz CT molecular complexity index is 668. The molecule has 7 heteroatoms. The van der Waals surface area contributed by atoms with E-state index in [0.717, 1.165) is 43.4 Å². The first kappa shape index (κ1) is 16.0. The summed E-state index contributed by atoms with van der Waals surface area (Å²) in [4.78, 5) is 9.23. The third-order valence-corrected chi connectivity index (χ3v) is 5.26. The van der Waals surface area contributed by atoms with Crippen LogP contribution in [0, 0.1) is 0 Å². The van der Waals surface area contributed by atoms with Crippen LogP contribution in [0.15, 0.2) is 30.9 Å². The number of benzene rings is 1. The Hall–Kier alpha value is -1.47. The number of halogens is 1. The summed E-state index contributed by atoms with van der Waals surface area (Å²) >= 11 is 6.19. The van der Waals surface area contributed by atoms with Gasteiger partial charge in [-0.2, -0.15) is 5.10 Å². The molecule has 3 heterocycles. The smallest absolute Gasteiger partial charge is 0.138 e. The Labute approximate surface area is 147 Å². The highest BCUT2D eigenvalue weighted by Gasteiger charge is 2.28. The average Bonchev–Trinajstić information content (AvgIpc) is 3.29. The molecule has 1 unspecified atom stereocenters. The summed E-state index contributed by atoms with van der Waals surface area (Å²) < 4.78 is 1.80. The van der Waals surface area contributed by atoms with E-state index in [1.165, 1.54) is 25.1 Å². The van der Waals surface area contributed by atoms with Crippen LogP contribution in [0.2, 0.25) is 5.02 Å². The second kappa shape index (κ2) is 7.19. The van der Waals surface area contributed by atoms with Crippen LogP contribution in [0.3, 0.4) is 0 Å². The van der Waals surface area contributed by atoms with E-state index in [0.29, 0.717) is 6.04 Å². The van der Waals surface area contributed by atoms with Gasteiger partial charge in [0.2, 0.25) is 0 Å². The standard InChI is InChI=1S/C17H23ClN6/c18-15-2-1-14(17(9-15)24-13-20-12-21-24)10-22-6-3-16(11-22)23-7-4-19-5-8-23/h1-2,9,12-13,16,19H,3-8,10-11H2. The van der Waals surface area contributed by atoms with Gasteiger partial charge in [0, 0.05) is 56.9 Å². The number of nitrogens with zero attached hydrogens (tertiary/aromatic N) is 5. The molecular weight excluding hydrogens is 324 g/mol. The molecule has 0 bridgehead atoms. The van der Waals surface area contributed by atoms with Crippen LogP contribution >= 0.6 is 11.6 Å². The zero-order valence-corrected chi connectivity index (χ0v) is 14.5. The van der Waals surface area contributed by atoms with Crippen LogP contribution in [-0.4, -0.2) is 69.9 Å². The number of nitrogens with one attached hydrogen (secondary N) is 1. The van der Waals surface area contributed by atoms with Gasteiger partial charge in [0.25, 0.3) is 0 Å². The van der Waals surface area contributed by atoms with Gasteiger partial charge >= 0.3 is 0 Å². The van der Waals surface area contributed by atoms with E-state index in [2.05, 4.69) is 31.3 Å². The third kappa shape index (κ3) is 3.47. The normalized spacial score (nSPS) is 23.0. The molecule has 0 aliphatic carbocycles. The van der Waals surface area contributed by atoms with Gasteiger partial charge in [-0.15, -0.1) is 0 Å². The van der Waals surface area contributed by atoms with Crippen molar-refractivity contribution < 1.29 is 0 Å². The lowest BCUT2D eigenvalue weighted by atomic mass is 10.1. The zero-order valence-electron chi connectivity index (χ0n) is 13.7. The molecule has 2 aromatic rings. The van der Waals surface area contributed by atoms with E-state index in [9.17, 15) is 0 Å². The second-order valence-electron chi connectivity index (χ2n) is 6.58. The highest BCUT2D eigenvalue weighted by molar-refractivity contribution is 6.30. The molecule has 0 spiro atoms. The molecule has 0 saturated carbocycles. The first-order chi connectivity index (χ1) is 11.8. The Balaban J connectivity index is 1.46. The van der Waals surface area contributed by atoms with Gasteiger partial charge in [-0.25, -0.2) is 9.67 Å². The third-order valence-electron chi connectivity index (χ3n) is 5.02. The molecule has 2 aliphatic rings. The van der Waals surface area contributed by atoms with Gasteiger partial charge < -0.3 is 5.32 Å². The summed E-state index contributed by atoms with van der Waals surface area (Å²) in [5.74, 6) is 0. The van der Waals surface area contributed by atoms with Crippen LogP contribution in [0.4, 0.5) is 0 Å². The van der Waals surface area contributed by atoms with Crippen molar-refractivity contribution in [2.45, 2.75) is 19.0 Å². The van der Waals surface area contributed by atoms with Gasteiger partial charge in [-0.05, 0) is 24.1 Å². The van der Waals surface area contributed by atoms with Crippen molar-refractivity contribution in [3.8, 4) is 5.69 Å². The summed E-state index contributed by atoms with van der Waals surface area (Å²) in [5, 5.41) is 8.42. The number of hydrogen-bond donors (Lipinski definition) is 1. The van der Waals surface area contributed by atoms with Crippen molar-refractivity contribution in [1.29, 1.82) is 0 Å². The van der Waals surface area contributed by atoms with Crippen molar-refractivity contribution >= 4 is 11.6 Å². The minimum Gasteiger partial charge on any atom is -0.314 e. The topological polar surface area (TPSA) is 49.2 Å².